The molecule has 0 spiro atoms. The molecule has 0 unspecified atom stereocenters. The van der Waals surface area contributed by atoms with Crippen LogP contribution in [-0.2, 0) is 6.54 Å². The molecule has 0 amide bonds. The van der Waals surface area contributed by atoms with Crippen LogP contribution in [0.5, 0.6) is 0 Å². The van der Waals surface area contributed by atoms with Crippen molar-refractivity contribution < 1.29 is 4.42 Å². The Hall–Kier alpha value is -1.39. The second-order valence-corrected chi connectivity index (χ2v) is 4.96. The maximum atomic E-state index is 6.20. The molecule has 102 valence electrons. The van der Waals surface area contributed by atoms with E-state index in [1.165, 1.54) is 0 Å². The Kier molecular flexibility index (Phi) is 4.56. The summed E-state index contributed by atoms with van der Waals surface area (Å²) in [4.78, 5) is 6.41. The lowest BCUT2D eigenvalue weighted by Crippen LogP contribution is -2.18. The first-order valence-electron chi connectivity index (χ1n) is 5.94. The van der Waals surface area contributed by atoms with Gasteiger partial charge in [-0.3, -0.25) is 0 Å². The zero-order valence-electron chi connectivity index (χ0n) is 10.8. The highest BCUT2D eigenvalue weighted by molar-refractivity contribution is 6.37. The van der Waals surface area contributed by atoms with Crippen molar-refractivity contribution >= 4 is 34.8 Å². The third kappa shape index (κ3) is 3.33. The van der Waals surface area contributed by atoms with Gasteiger partial charge in [0, 0.05) is 25.7 Å². The van der Waals surface area contributed by atoms with Crippen LogP contribution in [0, 0.1) is 0 Å². The summed E-state index contributed by atoms with van der Waals surface area (Å²) >= 11 is 12.3. The molecule has 0 aromatic carbocycles. The van der Waals surface area contributed by atoms with E-state index >= 15 is 0 Å². The Morgan fingerprint density at radius 3 is 2.79 bits per heavy atom. The van der Waals surface area contributed by atoms with Crippen molar-refractivity contribution in [1.82, 2.24) is 4.98 Å². The van der Waals surface area contributed by atoms with Gasteiger partial charge in [-0.25, -0.2) is 4.98 Å². The summed E-state index contributed by atoms with van der Waals surface area (Å²) in [6.45, 7) is 3.40. The second kappa shape index (κ2) is 6.17. The molecular formula is C13H15Cl2N3O. The molecule has 2 aromatic heterocycles. The van der Waals surface area contributed by atoms with E-state index in [1.54, 1.807) is 18.6 Å². The molecular weight excluding hydrogens is 285 g/mol. The lowest BCUT2D eigenvalue weighted by Gasteiger charge is -2.20. The maximum Gasteiger partial charge on any atom is 0.149 e. The Morgan fingerprint density at radius 1 is 1.37 bits per heavy atom. The first-order valence-corrected chi connectivity index (χ1v) is 6.69. The van der Waals surface area contributed by atoms with Crippen LogP contribution in [0.25, 0.3) is 0 Å². The lowest BCUT2D eigenvalue weighted by molar-refractivity contribution is 0.563. The summed E-state index contributed by atoms with van der Waals surface area (Å²) in [6.07, 6.45) is 3.34. The van der Waals surface area contributed by atoms with Gasteiger partial charge < -0.3 is 14.6 Å². The van der Waals surface area contributed by atoms with Crippen molar-refractivity contribution in [2.75, 3.05) is 23.8 Å². The quantitative estimate of drug-likeness (QED) is 0.904. The van der Waals surface area contributed by atoms with Crippen LogP contribution in [0.15, 0.2) is 29.1 Å². The summed E-state index contributed by atoms with van der Waals surface area (Å²) in [5.74, 6) is 1.32. The van der Waals surface area contributed by atoms with Crippen LogP contribution in [0.1, 0.15) is 12.5 Å². The highest BCUT2D eigenvalue weighted by Crippen LogP contribution is 2.31. The van der Waals surface area contributed by atoms with Gasteiger partial charge in [-0.05, 0) is 19.1 Å². The van der Waals surface area contributed by atoms with E-state index < -0.39 is 0 Å². The number of anilines is 2. The Morgan fingerprint density at radius 2 is 2.16 bits per heavy atom. The van der Waals surface area contributed by atoms with E-state index in [0.717, 1.165) is 12.1 Å². The Bertz CT molecular complexity index is 543. The molecule has 0 atom stereocenters. The number of halogens is 2. The molecule has 0 bridgehead atoms. The van der Waals surface area contributed by atoms with Gasteiger partial charge in [0.05, 0.1) is 22.6 Å². The molecule has 4 nitrogen and oxygen atoms in total. The molecule has 0 aliphatic rings. The van der Waals surface area contributed by atoms with E-state index in [1.807, 2.05) is 24.9 Å². The number of pyridine rings is 1. The number of aromatic nitrogens is 1. The molecule has 0 radical (unpaired) electrons. The van der Waals surface area contributed by atoms with Crippen molar-refractivity contribution in [3.63, 3.8) is 0 Å². The van der Waals surface area contributed by atoms with Crippen LogP contribution in [-0.4, -0.2) is 18.6 Å². The van der Waals surface area contributed by atoms with Crippen molar-refractivity contribution in [3.05, 3.63) is 40.3 Å². The number of rotatable bonds is 5. The van der Waals surface area contributed by atoms with Gasteiger partial charge in [0.2, 0.25) is 0 Å². The van der Waals surface area contributed by atoms with Crippen molar-refractivity contribution in [1.29, 1.82) is 0 Å². The van der Waals surface area contributed by atoms with Gasteiger partial charge in [-0.2, -0.15) is 0 Å². The van der Waals surface area contributed by atoms with Gasteiger partial charge in [0.25, 0.3) is 0 Å². The zero-order chi connectivity index (χ0) is 13.8. The monoisotopic (exact) mass is 299 g/mol. The maximum absolute atomic E-state index is 6.20. The highest BCUT2D eigenvalue weighted by atomic mass is 35.5. The molecule has 2 aromatic rings. The standard InChI is InChI=1S/C13H15Cl2N3O/c1-3-16-12-10(14)6-11(15)13(17-12)18(2)7-9-4-5-19-8-9/h4-6,8H,3,7H2,1-2H3,(H,16,17). The zero-order valence-corrected chi connectivity index (χ0v) is 12.3. The predicted octanol–water partition coefficient (Wildman–Crippen LogP) is 4.05. The first kappa shape index (κ1) is 14.0. The minimum Gasteiger partial charge on any atom is -0.472 e. The molecule has 0 fully saturated rings. The number of hydrogen-bond donors (Lipinski definition) is 1. The predicted molar refractivity (Wildman–Crippen MR) is 79.2 cm³/mol. The fourth-order valence-corrected chi connectivity index (χ4v) is 2.32. The van der Waals surface area contributed by atoms with Crippen LogP contribution < -0.4 is 10.2 Å². The number of furan rings is 1. The van der Waals surface area contributed by atoms with Crippen LogP contribution in [0.2, 0.25) is 10.0 Å². The molecule has 1 N–H and O–H groups in total. The van der Waals surface area contributed by atoms with E-state index in [2.05, 4.69) is 10.3 Å². The summed E-state index contributed by atoms with van der Waals surface area (Å²) < 4.78 is 5.05. The Labute approximate surface area is 122 Å². The van der Waals surface area contributed by atoms with Crippen molar-refractivity contribution in [2.24, 2.45) is 0 Å². The molecule has 0 saturated carbocycles. The largest absolute Gasteiger partial charge is 0.472 e. The average Bonchev–Trinajstić information content (AvgIpc) is 2.85. The highest BCUT2D eigenvalue weighted by Gasteiger charge is 2.13. The number of nitrogens with one attached hydrogen (secondary N) is 1. The minimum atomic E-state index is 0.521. The molecule has 2 rings (SSSR count). The fraction of sp³-hybridized carbons (Fsp3) is 0.308. The average molecular weight is 300 g/mol. The van der Waals surface area contributed by atoms with Crippen molar-refractivity contribution in [2.45, 2.75) is 13.5 Å². The molecule has 0 aliphatic heterocycles. The molecule has 6 heteroatoms. The summed E-state index contributed by atoms with van der Waals surface area (Å²) in [7, 11) is 1.92. The van der Waals surface area contributed by atoms with E-state index in [0.29, 0.717) is 28.2 Å². The van der Waals surface area contributed by atoms with E-state index in [9.17, 15) is 0 Å². The fourth-order valence-electron chi connectivity index (χ4n) is 1.75. The second-order valence-electron chi connectivity index (χ2n) is 4.14. The van der Waals surface area contributed by atoms with Gasteiger partial charge >= 0.3 is 0 Å². The van der Waals surface area contributed by atoms with Gasteiger partial charge in [0.1, 0.15) is 11.6 Å². The summed E-state index contributed by atoms with van der Waals surface area (Å²) in [5.41, 5.74) is 1.06. The summed E-state index contributed by atoms with van der Waals surface area (Å²) in [6, 6.07) is 3.61. The number of nitrogens with zero attached hydrogens (tertiary/aromatic N) is 2. The van der Waals surface area contributed by atoms with E-state index in [-0.39, 0.29) is 0 Å². The first-order chi connectivity index (χ1) is 9.11. The lowest BCUT2D eigenvalue weighted by atomic mass is 10.3. The Balaban J connectivity index is 2.25. The van der Waals surface area contributed by atoms with Gasteiger partial charge in [-0.1, -0.05) is 23.2 Å². The molecule has 19 heavy (non-hydrogen) atoms. The normalized spacial score (nSPS) is 10.5. The number of hydrogen-bond acceptors (Lipinski definition) is 4. The smallest absolute Gasteiger partial charge is 0.149 e. The van der Waals surface area contributed by atoms with E-state index in [4.69, 9.17) is 27.6 Å². The molecule has 2 heterocycles. The topological polar surface area (TPSA) is 41.3 Å². The SMILES string of the molecule is CCNc1nc(N(C)Cc2ccoc2)c(Cl)cc1Cl. The van der Waals surface area contributed by atoms with Crippen LogP contribution >= 0.6 is 23.2 Å². The minimum absolute atomic E-state index is 0.521. The molecule has 0 saturated heterocycles. The molecule has 0 aliphatic carbocycles. The van der Waals surface area contributed by atoms with Crippen LogP contribution in [0.4, 0.5) is 11.6 Å². The third-order valence-corrected chi connectivity index (χ3v) is 3.18. The van der Waals surface area contributed by atoms with Crippen LogP contribution in [0.3, 0.4) is 0 Å². The third-order valence-electron chi connectivity index (χ3n) is 2.62. The summed E-state index contributed by atoms with van der Waals surface area (Å²) in [5, 5.41) is 4.16. The van der Waals surface area contributed by atoms with Crippen molar-refractivity contribution in [3.8, 4) is 0 Å². The van der Waals surface area contributed by atoms with Gasteiger partial charge in [0.15, 0.2) is 0 Å². The van der Waals surface area contributed by atoms with Gasteiger partial charge in [-0.15, -0.1) is 0 Å².